The van der Waals surface area contributed by atoms with E-state index in [0.717, 1.165) is 28.7 Å². The molecule has 0 aliphatic rings. The van der Waals surface area contributed by atoms with Crippen molar-refractivity contribution >= 4 is 28.9 Å². The molecule has 2 aromatic rings. The Balaban J connectivity index is 2.70. The molecule has 0 amide bonds. The van der Waals surface area contributed by atoms with Gasteiger partial charge in [0.25, 0.3) is 0 Å². The van der Waals surface area contributed by atoms with E-state index in [4.69, 9.17) is 11.6 Å². The van der Waals surface area contributed by atoms with Gasteiger partial charge in [0.05, 0.1) is 11.0 Å². The fraction of sp³-hybridized carbons (Fsp3) is 0.273. The third-order valence-electron chi connectivity index (χ3n) is 2.58. The molecule has 0 unspecified atom stereocenters. The third-order valence-corrected chi connectivity index (χ3v) is 2.93. The first-order chi connectivity index (χ1) is 7.13. The first-order valence-electron chi connectivity index (χ1n) is 4.68. The van der Waals surface area contributed by atoms with Gasteiger partial charge in [-0.3, -0.25) is 0 Å². The number of hydrogen-bond donors (Lipinski definition) is 0. The van der Waals surface area contributed by atoms with Crippen molar-refractivity contribution in [3.8, 4) is 0 Å². The monoisotopic (exact) mass is 222 g/mol. The van der Waals surface area contributed by atoms with Gasteiger partial charge in [0.2, 0.25) is 0 Å². The van der Waals surface area contributed by atoms with E-state index in [1.165, 1.54) is 0 Å². The topological polar surface area (TPSA) is 34.9 Å². The molecule has 0 radical (unpaired) electrons. The van der Waals surface area contributed by atoms with Gasteiger partial charge in [0.15, 0.2) is 0 Å². The number of hydrogen-bond acceptors (Lipinski definition) is 2. The van der Waals surface area contributed by atoms with Crippen LogP contribution in [0.25, 0.3) is 11.0 Å². The number of fused-ring (bicyclic) bond motifs is 1. The van der Waals surface area contributed by atoms with Gasteiger partial charge in [-0.1, -0.05) is 11.6 Å². The summed E-state index contributed by atoms with van der Waals surface area (Å²) in [6.45, 7) is 1.94. The maximum absolute atomic E-state index is 10.5. The lowest BCUT2D eigenvalue weighted by Crippen LogP contribution is -1.91. The Bertz CT molecular complexity index is 531. The van der Waals surface area contributed by atoms with Crippen molar-refractivity contribution < 1.29 is 4.79 Å². The lowest BCUT2D eigenvalue weighted by molar-refractivity contribution is -0.107. The molecule has 3 nitrogen and oxygen atoms in total. The Kier molecular flexibility index (Phi) is 2.49. The minimum Gasteiger partial charge on any atom is -0.331 e. The fourth-order valence-electron chi connectivity index (χ4n) is 1.62. The second-order valence-electron chi connectivity index (χ2n) is 3.52. The molecule has 0 spiro atoms. The highest BCUT2D eigenvalue weighted by Crippen LogP contribution is 2.24. The average molecular weight is 223 g/mol. The second kappa shape index (κ2) is 3.66. The van der Waals surface area contributed by atoms with E-state index < -0.39 is 0 Å². The number of carbonyl (C=O) groups excluding carboxylic acids is 1. The minimum absolute atomic E-state index is 0.338. The summed E-state index contributed by atoms with van der Waals surface area (Å²) in [6, 6.07) is 3.73. The van der Waals surface area contributed by atoms with Crippen LogP contribution in [0, 0.1) is 6.92 Å². The number of aryl methyl sites for hydroxylation is 2. The van der Waals surface area contributed by atoms with E-state index in [1.54, 1.807) is 0 Å². The van der Waals surface area contributed by atoms with Crippen LogP contribution in [-0.2, 0) is 18.3 Å². The van der Waals surface area contributed by atoms with Crippen LogP contribution in [0.4, 0.5) is 0 Å². The van der Waals surface area contributed by atoms with Gasteiger partial charge in [-0.2, -0.15) is 0 Å². The Morgan fingerprint density at radius 2 is 2.27 bits per heavy atom. The van der Waals surface area contributed by atoms with Gasteiger partial charge in [-0.05, 0) is 24.6 Å². The first-order valence-corrected chi connectivity index (χ1v) is 5.06. The number of nitrogens with zero attached hydrogens (tertiary/aromatic N) is 2. The summed E-state index contributed by atoms with van der Waals surface area (Å²) in [5, 5.41) is 0.623. The molecule has 4 heteroatoms. The van der Waals surface area contributed by atoms with Crippen molar-refractivity contribution in [1.82, 2.24) is 9.55 Å². The van der Waals surface area contributed by atoms with E-state index in [0.29, 0.717) is 11.4 Å². The van der Waals surface area contributed by atoms with Crippen molar-refractivity contribution in [1.29, 1.82) is 0 Å². The Morgan fingerprint density at radius 3 is 2.93 bits per heavy atom. The summed E-state index contributed by atoms with van der Waals surface area (Å²) in [5.41, 5.74) is 2.71. The lowest BCUT2D eigenvalue weighted by Gasteiger charge is -2.01. The molecule has 0 aliphatic heterocycles. The summed E-state index contributed by atoms with van der Waals surface area (Å²) < 4.78 is 1.98. The Morgan fingerprint density at radius 1 is 1.53 bits per heavy atom. The summed E-state index contributed by atoms with van der Waals surface area (Å²) in [4.78, 5) is 14.8. The maximum Gasteiger partial charge on any atom is 0.124 e. The van der Waals surface area contributed by atoms with Gasteiger partial charge in [0, 0.05) is 18.5 Å². The zero-order chi connectivity index (χ0) is 11.0. The van der Waals surface area contributed by atoms with Crippen LogP contribution >= 0.6 is 11.6 Å². The molecular weight excluding hydrogens is 212 g/mol. The van der Waals surface area contributed by atoms with Crippen molar-refractivity contribution in [2.45, 2.75) is 13.3 Å². The fourth-order valence-corrected chi connectivity index (χ4v) is 1.86. The van der Waals surface area contributed by atoms with Crippen LogP contribution in [-0.4, -0.2) is 15.8 Å². The highest BCUT2D eigenvalue weighted by atomic mass is 35.5. The van der Waals surface area contributed by atoms with E-state index in [9.17, 15) is 4.79 Å². The largest absolute Gasteiger partial charge is 0.331 e. The Labute approximate surface area is 92.7 Å². The van der Waals surface area contributed by atoms with Crippen molar-refractivity contribution in [2.24, 2.45) is 7.05 Å². The van der Waals surface area contributed by atoms with E-state index in [-0.39, 0.29) is 0 Å². The zero-order valence-electron chi connectivity index (χ0n) is 8.62. The molecule has 0 saturated carbocycles. The molecule has 78 valence electrons. The molecule has 0 atom stereocenters. The molecule has 0 bridgehead atoms. The number of halogens is 1. The highest BCUT2D eigenvalue weighted by molar-refractivity contribution is 6.32. The zero-order valence-corrected chi connectivity index (χ0v) is 9.38. The molecule has 1 aromatic carbocycles. The van der Waals surface area contributed by atoms with E-state index >= 15 is 0 Å². The van der Waals surface area contributed by atoms with Crippen LogP contribution in [0.5, 0.6) is 0 Å². The number of aromatic nitrogens is 2. The minimum atomic E-state index is 0.338. The van der Waals surface area contributed by atoms with Crippen LogP contribution < -0.4 is 0 Å². The predicted octanol–water partition coefficient (Wildman–Crippen LogP) is 2.28. The summed E-state index contributed by atoms with van der Waals surface area (Å²) in [5.74, 6) is 0.935. The molecule has 15 heavy (non-hydrogen) atoms. The smallest absolute Gasteiger partial charge is 0.124 e. The SMILES string of the molecule is Cc1nc2cc(CC=O)c(Cl)cc2n1C. The lowest BCUT2D eigenvalue weighted by atomic mass is 10.1. The van der Waals surface area contributed by atoms with Crippen molar-refractivity contribution in [3.05, 3.63) is 28.5 Å². The number of imidazole rings is 1. The van der Waals surface area contributed by atoms with Crippen LogP contribution in [0.3, 0.4) is 0 Å². The molecule has 0 saturated heterocycles. The van der Waals surface area contributed by atoms with Gasteiger partial charge >= 0.3 is 0 Å². The number of carbonyl (C=O) groups is 1. The van der Waals surface area contributed by atoms with Crippen molar-refractivity contribution in [2.75, 3.05) is 0 Å². The van der Waals surface area contributed by atoms with Gasteiger partial charge < -0.3 is 9.36 Å². The quantitative estimate of drug-likeness (QED) is 0.731. The molecule has 0 fully saturated rings. The van der Waals surface area contributed by atoms with Crippen LogP contribution in [0.1, 0.15) is 11.4 Å². The van der Waals surface area contributed by atoms with Crippen LogP contribution in [0.2, 0.25) is 5.02 Å². The normalized spacial score (nSPS) is 10.9. The molecule has 1 heterocycles. The maximum atomic E-state index is 10.5. The average Bonchev–Trinajstić information content (AvgIpc) is 2.46. The Hall–Kier alpha value is -1.35. The summed E-state index contributed by atoms with van der Waals surface area (Å²) >= 11 is 6.06. The van der Waals surface area contributed by atoms with E-state index in [1.807, 2.05) is 30.7 Å². The van der Waals surface area contributed by atoms with Gasteiger partial charge in [-0.25, -0.2) is 4.98 Å². The van der Waals surface area contributed by atoms with Gasteiger partial charge in [0.1, 0.15) is 12.1 Å². The number of benzene rings is 1. The first kappa shape index (κ1) is 10.2. The summed E-state index contributed by atoms with van der Waals surface area (Å²) in [7, 11) is 1.94. The summed E-state index contributed by atoms with van der Waals surface area (Å²) in [6.07, 6.45) is 1.19. The molecular formula is C11H11ClN2O. The van der Waals surface area contributed by atoms with Crippen LogP contribution in [0.15, 0.2) is 12.1 Å². The third kappa shape index (κ3) is 1.63. The molecule has 1 aromatic heterocycles. The molecule has 2 rings (SSSR count). The molecule has 0 N–H and O–H groups in total. The molecule has 0 aliphatic carbocycles. The van der Waals surface area contributed by atoms with Gasteiger partial charge in [-0.15, -0.1) is 0 Å². The number of aldehydes is 1. The predicted molar refractivity (Wildman–Crippen MR) is 60.2 cm³/mol. The standard InChI is InChI=1S/C11H11ClN2O/c1-7-13-10-5-8(3-4-15)9(12)6-11(10)14(7)2/h4-6H,3H2,1-2H3. The van der Waals surface area contributed by atoms with E-state index in [2.05, 4.69) is 4.98 Å². The number of rotatable bonds is 2. The second-order valence-corrected chi connectivity index (χ2v) is 3.93. The highest BCUT2D eigenvalue weighted by Gasteiger charge is 2.08. The van der Waals surface area contributed by atoms with Crippen molar-refractivity contribution in [3.63, 3.8) is 0 Å².